The smallest absolute Gasteiger partial charge is 0.169 e. The van der Waals surface area contributed by atoms with Crippen molar-refractivity contribution in [1.82, 2.24) is 9.97 Å². The van der Waals surface area contributed by atoms with Crippen LogP contribution in [0.3, 0.4) is 0 Å². The molecular weight excluding hydrogens is 344 g/mol. The highest BCUT2D eigenvalue weighted by molar-refractivity contribution is 5.88. The topological polar surface area (TPSA) is 42.0 Å². The van der Waals surface area contributed by atoms with Crippen LogP contribution >= 0.6 is 0 Å². The number of aromatic nitrogens is 3. The molecule has 3 rings (SSSR count). The third kappa shape index (κ3) is 5.81. The van der Waals surface area contributed by atoms with Crippen molar-refractivity contribution in [3.05, 3.63) is 97.9 Å². The van der Waals surface area contributed by atoms with Crippen LogP contribution in [0.1, 0.15) is 18.4 Å². The Morgan fingerprint density at radius 1 is 0.893 bits per heavy atom. The maximum absolute atomic E-state index is 4.49. The molecule has 28 heavy (non-hydrogen) atoms. The quantitative estimate of drug-likeness (QED) is 0.240. The predicted molar refractivity (Wildman–Crippen MR) is 115 cm³/mol. The minimum atomic E-state index is 0.826. The van der Waals surface area contributed by atoms with Gasteiger partial charge in [-0.1, -0.05) is 12.7 Å². The van der Waals surface area contributed by atoms with Crippen LogP contribution in [0.4, 0.5) is 0 Å². The first-order valence-corrected chi connectivity index (χ1v) is 9.49. The zero-order valence-electron chi connectivity index (χ0n) is 16.0. The fraction of sp³-hybridized carbons (Fsp3) is 0.167. The van der Waals surface area contributed by atoms with Gasteiger partial charge in [0, 0.05) is 56.1 Å². The molecule has 0 saturated heterocycles. The van der Waals surface area contributed by atoms with Gasteiger partial charge in [0.2, 0.25) is 0 Å². The van der Waals surface area contributed by atoms with Gasteiger partial charge in [-0.15, -0.1) is 0 Å². The Bertz CT molecular complexity index is 914. The molecule has 0 radical (unpaired) electrons. The molecule has 4 heteroatoms. The summed E-state index contributed by atoms with van der Waals surface area (Å²) in [6.45, 7) is 5.69. The molecule has 0 aliphatic carbocycles. The number of unbranched alkanes of at least 4 members (excludes halogenated alkanes) is 1. The van der Waals surface area contributed by atoms with Gasteiger partial charge >= 0.3 is 0 Å². The van der Waals surface area contributed by atoms with Gasteiger partial charge in [-0.3, -0.25) is 15.0 Å². The molecule has 140 valence electrons. The molecule has 4 nitrogen and oxygen atoms in total. The fourth-order valence-corrected chi connectivity index (χ4v) is 2.87. The number of pyridine rings is 3. The molecule has 0 aliphatic rings. The van der Waals surface area contributed by atoms with Gasteiger partial charge in [0.25, 0.3) is 0 Å². The van der Waals surface area contributed by atoms with Crippen LogP contribution in [0.25, 0.3) is 16.7 Å². The largest absolute Gasteiger partial charge is 0.293 e. The van der Waals surface area contributed by atoms with Gasteiger partial charge in [-0.2, -0.15) is 0 Å². The second-order valence-electron chi connectivity index (χ2n) is 6.38. The summed E-state index contributed by atoms with van der Waals surface area (Å²) in [5, 5.41) is 0. The Morgan fingerprint density at radius 3 is 2.21 bits per heavy atom. The molecular formula is C24H25N4+. The van der Waals surface area contributed by atoms with Crippen molar-refractivity contribution in [2.24, 2.45) is 4.99 Å². The van der Waals surface area contributed by atoms with Crippen molar-refractivity contribution in [1.29, 1.82) is 0 Å². The molecule has 3 heterocycles. The minimum absolute atomic E-state index is 0.826. The molecule has 0 saturated carbocycles. The maximum atomic E-state index is 4.49. The van der Waals surface area contributed by atoms with Crippen LogP contribution in [0, 0.1) is 0 Å². The number of nitrogens with zero attached hydrogens (tertiary/aromatic N) is 4. The maximum Gasteiger partial charge on any atom is 0.169 e. The first-order valence-electron chi connectivity index (χ1n) is 9.49. The van der Waals surface area contributed by atoms with Crippen LogP contribution in [-0.4, -0.2) is 22.7 Å². The summed E-state index contributed by atoms with van der Waals surface area (Å²) in [4.78, 5) is 12.6. The van der Waals surface area contributed by atoms with Crippen LogP contribution in [-0.2, 0) is 6.54 Å². The first-order chi connectivity index (χ1) is 13.9. The van der Waals surface area contributed by atoms with E-state index in [1.807, 2.05) is 55.0 Å². The molecule has 0 spiro atoms. The van der Waals surface area contributed by atoms with Gasteiger partial charge in [-0.25, -0.2) is 4.57 Å². The molecule has 3 aromatic rings. The van der Waals surface area contributed by atoms with E-state index < -0.39 is 0 Å². The summed E-state index contributed by atoms with van der Waals surface area (Å²) >= 11 is 0. The molecule has 0 aliphatic heterocycles. The Kier molecular flexibility index (Phi) is 7.38. The van der Waals surface area contributed by atoms with Crippen LogP contribution < -0.4 is 4.57 Å². The Balaban J connectivity index is 1.41. The standard InChI is InChI=1S/C24H25N4/c1-2-21(22-6-14-26-15-7-22)5-13-25-12-3-4-18-28-19-10-24(11-20-28)23-8-16-27-17-9-23/h2,5-11,13-17,19-20H,1,3-4,12,18H2/q+1/b21-5+,25-13+. The molecule has 0 fully saturated rings. The summed E-state index contributed by atoms with van der Waals surface area (Å²) in [7, 11) is 0. The lowest BCUT2D eigenvalue weighted by Crippen LogP contribution is -2.32. The lowest BCUT2D eigenvalue weighted by atomic mass is 10.1. The molecule has 0 bridgehead atoms. The van der Waals surface area contributed by atoms with Crippen molar-refractivity contribution in [2.45, 2.75) is 19.4 Å². The van der Waals surface area contributed by atoms with E-state index in [1.165, 1.54) is 11.1 Å². The number of aryl methyl sites for hydroxylation is 1. The van der Waals surface area contributed by atoms with Crippen molar-refractivity contribution < 1.29 is 4.57 Å². The Hall–Kier alpha value is -3.40. The van der Waals surface area contributed by atoms with E-state index in [-0.39, 0.29) is 0 Å². The highest BCUT2D eigenvalue weighted by Crippen LogP contribution is 2.15. The minimum Gasteiger partial charge on any atom is -0.293 e. The number of hydrogen-bond donors (Lipinski definition) is 0. The van der Waals surface area contributed by atoms with E-state index in [2.05, 4.69) is 50.6 Å². The third-order valence-electron chi connectivity index (χ3n) is 4.45. The molecule has 0 unspecified atom stereocenters. The molecule has 0 atom stereocenters. The van der Waals surface area contributed by atoms with Gasteiger partial charge in [0.1, 0.15) is 6.54 Å². The van der Waals surface area contributed by atoms with Gasteiger partial charge in [0.15, 0.2) is 12.4 Å². The zero-order chi connectivity index (χ0) is 19.4. The SMILES string of the molecule is C=C/C(=C\C=N\CCCC[n+]1ccc(-c2ccncc2)cc1)c1ccncc1. The van der Waals surface area contributed by atoms with E-state index in [0.717, 1.165) is 37.1 Å². The van der Waals surface area contributed by atoms with E-state index in [4.69, 9.17) is 0 Å². The molecule has 3 aromatic heterocycles. The highest BCUT2D eigenvalue weighted by Gasteiger charge is 2.02. The Labute approximate surface area is 166 Å². The summed E-state index contributed by atoms with van der Waals surface area (Å²) in [5.74, 6) is 0. The normalized spacial score (nSPS) is 11.6. The van der Waals surface area contributed by atoms with Crippen LogP contribution in [0.5, 0.6) is 0 Å². The zero-order valence-corrected chi connectivity index (χ0v) is 16.0. The highest BCUT2D eigenvalue weighted by atomic mass is 14.9. The number of allylic oxidation sites excluding steroid dienone is 3. The molecule has 0 aromatic carbocycles. The van der Waals surface area contributed by atoms with Gasteiger partial charge in [-0.05, 0) is 59.0 Å². The van der Waals surface area contributed by atoms with E-state index >= 15 is 0 Å². The van der Waals surface area contributed by atoms with E-state index in [1.54, 1.807) is 12.4 Å². The number of rotatable bonds is 9. The average molecular weight is 369 g/mol. The summed E-state index contributed by atoms with van der Waals surface area (Å²) in [5.41, 5.74) is 4.55. The van der Waals surface area contributed by atoms with Gasteiger partial charge in [0.05, 0.1) is 0 Å². The molecule has 0 amide bonds. The summed E-state index contributed by atoms with van der Waals surface area (Å²) in [6, 6.07) is 12.3. The monoisotopic (exact) mass is 369 g/mol. The fourth-order valence-electron chi connectivity index (χ4n) is 2.87. The van der Waals surface area contributed by atoms with Crippen molar-refractivity contribution in [3.63, 3.8) is 0 Å². The third-order valence-corrected chi connectivity index (χ3v) is 4.45. The number of aliphatic imine (C=N–C) groups is 1. The Morgan fingerprint density at radius 2 is 1.54 bits per heavy atom. The lowest BCUT2D eigenvalue weighted by molar-refractivity contribution is -0.697. The van der Waals surface area contributed by atoms with E-state index in [0.29, 0.717) is 0 Å². The van der Waals surface area contributed by atoms with Gasteiger partial charge < -0.3 is 0 Å². The van der Waals surface area contributed by atoms with Crippen molar-refractivity contribution in [2.75, 3.05) is 6.54 Å². The average Bonchev–Trinajstić information content (AvgIpc) is 2.77. The number of hydrogen-bond acceptors (Lipinski definition) is 3. The summed E-state index contributed by atoms with van der Waals surface area (Å²) in [6.07, 6.45) is 19.3. The first kappa shape index (κ1) is 19.4. The summed E-state index contributed by atoms with van der Waals surface area (Å²) < 4.78 is 2.22. The van der Waals surface area contributed by atoms with Crippen LogP contribution in [0.15, 0.2) is 97.3 Å². The van der Waals surface area contributed by atoms with Crippen molar-refractivity contribution in [3.8, 4) is 11.1 Å². The second-order valence-corrected chi connectivity index (χ2v) is 6.38. The van der Waals surface area contributed by atoms with E-state index in [9.17, 15) is 0 Å². The van der Waals surface area contributed by atoms with Crippen LogP contribution in [0.2, 0.25) is 0 Å². The molecule has 0 N–H and O–H groups in total. The predicted octanol–water partition coefficient (Wildman–Crippen LogP) is 4.55. The van der Waals surface area contributed by atoms with Crippen molar-refractivity contribution >= 4 is 11.8 Å². The second kappa shape index (κ2) is 10.7. The lowest BCUT2D eigenvalue weighted by Gasteiger charge is -2.01.